The highest BCUT2D eigenvalue weighted by Crippen LogP contribution is 2.40. The number of benzene rings is 1. The second-order valence-corrected chi connectivity index (χ2v) is 7.60. The van der Waals surface area contributed by atoms with Crippen LogP contribution in [0.2, 0.25) is 0 Å². The van der Waals surface area contributed by atoms with Crippen LogP contribution in [0.1, 0.15) is 22.2 Å². The Morgan fingerprint density at radius 2 is 2.00 bits per heavy atom. The summed E-state index contributed by atoms with van der Waals surface area (Å²) in [7, 11) is 0. The number of ketones is 1. The molecule has 1 N–H and O–H groups in total. The van der Waals surface area contributed by atoms with Gasteiger partial charge in [0.2, 0.25) is 0 Å². The van der Waals surface area contributed by atoms with Crippen LogP contribution in [0.5, 0.6) is 0 Å². The minimum absolute atomic E-state index is 0.0826. The van der Waals surface area contributed by atoms with Crippen molar-refractivity contribution in [1.29, 1.82) is 0 Å². The van der Waals surface area contributed by atoms with Gasteiger partial charge < -0.3 is 10.0 Å². The molecule has 150 valence electrons. The summed E-state index contributed by atoms with van der Waals surface area (Å²) in [6.45, 7) is 0.176. The quantitative estimate of drug-likeness (QED) is 0.221. The third-order valence-corrected chi connectivity index (χ3v) is 5.61. The molecule has 4 rings (SSSR count). The minimum Gasteiger partial charge on any atom is -0.507 e. The molecule has 0 aliphatic carbocycles. The van der Waals surface area contributed by atoms with Gasteiger partial charge in [-0.3, -0.25) is 24.7 Å². The number of amides is 1. The molecule has 3 heterocycles. The highest BCUT2D eigenvalue weighted by atomic mass is 32.1. The Morgan fingerprint density at radius 1 is 1.17 bits per heavy atom. The predicted molar refractivity (Wildman–Crippen MR) is 109 cm³/mol. The molecule has 0 radical (unpaired) electrons. The fraction of sp³-hybridized carbons (Fsp3) is 0.0952. The van der Waals surface area contributed by atoms with E-state index in [-0.39, 0.29) is 23.4 Å². The van der Waals surface area contributed by atoms with E-state index in [0.29, 0.717) is 5.69 Å². The Hall–Kier alpha value is -3.85. The number of nitrogens with zero attached hydrogens (tertiary/aromatic N) is 3. The highest BCUT2D eigenvalue weighted by molar-refractivity contribution is 7.09. The summed E-state index contributed by atoms with van der Waals surface area (Å²) >= 11 is 1.44. The average molecular weight is 421 g/mol. The monoisotopic (exact) mass is 421 g/mol. The second-order valence-electron chi connectivity index (χ2n) is 6.57. The number of carbonyl (C=O) groups excluding carboxylic acids is 2. The number of pyridine rings is 1. The van der Waals surface area contributed by atoms with E-state index in [4.69, 9.17) is 0 Å². The summed E-state index contributed by atoms with van der Waals surface area (Å²) in [6.07, 6.45) is 1.54. The van der Waals surface area contributed by atoms with Crippen LogP contribution in [0.15, 0.2) is 71.7 Å². The summed E-state index contributed by atoms with van der Waals surface area (Å²) in [5.41, 5.74) is 0.122. The van der Waals surface area contributed by atoms with Gasteiger partial charge in [0.1, 0.15) is 11.8 Å². The van der Waals surface area contributed by atoms with Gasteiger partial charge in [-0.15, -0.1) is 11.3 Å². The zero-order valence-electron chi connectivity index (χ0n) is 15.5. The van der Waals surface area contributed by atoms with Gasteiger partial charge in [-0.05, 0) is 23.6 Å². The van der Waals surface area contributed by atoms with Gasteiger partial charge in [0.05, 0.1) is 22.7 Å². The number of hydrogen-bond donors (Lipinski definition) is 1. The molecule has 3 aromatic rings. The van der Waals surface area contributed by atoms with E-state index in [9.17, 15) is 24.8 Å². The lowest BCUT2D eigenvalue weighted by atomic mass is 9.98. The number of non-ortho nitro benzene ring substituents is 1. The third-order valence-electron chi connectivity index (χ3n) is 4.74. The van der Waals surface area contributed by atoms with Gasteiger partial charge in [-0.1, -0.05) is 24.3 Å². The molecular weight excluding hydrogens is 406 g/mol. The van der Waals surface area contributed by atoms with Crippen molar-refractivity contribution in [3.8, 4) is 0 Å². The second kappa shape index (κ2) is 7.88. The molecule has 1 aliphatic heterocycles. The van der Waals surface area contributed by atoms with Crippen molar-refractivity contribution in [2.45, 2.75) is 12.6 Å². The lowest BCUT2D eigenvalue weighted by molar-refractivity contribution is -0.384. The fourth-order valence-electron chi connectivity index (χ4n) is 3.38. The number of carbonyl (C=O) groups is 2. The first kappa shape index (κ1) is 19.5. The molecule has 2 aromatic heterocycles. The Labute approximate surface area is 174 Å². The van der Waals surface area contributed by atoms with Crippen LogP contribution in [0.25, 0.3) is 5.76 Å². The maximum Gasteiger partial charge on any atom is 0.296 e. The van der Waals surface area contributed by atoms with Crippen molar-refractivity contribution in [2.24, 2.45) is 0 Å². The van der Waals surface area contributed by atoms with Crippen LogP contribution >= 0.6 is 11.3 Å². The smallest absolute Gasteiger partial charge is 0.296 e. The fourth-order valence-corrected chi connectivity index (χ4v) is 4.08. The van der Waals surface area contributed by atoms with Gasteiger partial charge in [-0.2, -0.15) is 0 Å². The molecule has 0 saturated carbocycles. The number of aromatic nitrogens is 1. The van der Waals surface area contributed by atoms with Crippen LogP contribution in [-0.4, -0.2) is 31.6 Å². The Kier molecular flexibility index (Phi) is 5.11. The van der Waals surface area contributed by atoms with Gasteiger partial charge in [0, 0.05) is 28.8 Å². The molecule has 1 atom stereocenters. The number of likely N-dealkylation sites (tertiary alicyclic amines) is 1. The molecule has 1 aromatic carbocycles. The topological polar surface area (TPSA) is 114 Å². The van der Waals surface area contributed by atoms with E-state index in [1.165, 1.54) is 40.6 Å². The molecule has 9 heteroatoms. The standard InChI is InChI=1S/C21H15N3O5S/c25-19(13-5-3-6-14(11-13)24(28)29)17-18(16-8-1-2-9-22-16)23(21(27)20(17)26)12-15-7-4-10-30-15/h1-11,18,25H,12H2/b19-17-. The molecule has 1 aliphatic rings. The molecule has 0 bridgehead atoms. The van der Waals surface area contributed by atoms with Crippen LogP contribution in [0, 0.1) is 10.1 Å². The SMILES string of the molecule is O=C1C(=O)N(Cc2cccs2)C(c2ccccn2)/C1=C(/O)c1cccc([N+](=O)[O-])c1. The van der Waals surface area contributed by atoms with Gasteiger partial charge in [-0.25, -0.2) is 0 Å². The van der Waals surface area contributed by atoms with Crippen molar-refractivity contribution >= 4 is 34.5 Å². The summed E-state index contributed by atoms with van der Waals surface area (Å²) in [5.74, 6) is -2.08. The van der Waals surface area contributed by atoms with Gasteiger partial charge in [0.15, 0.2) is 0 Å². The van der Waals surface area contributed by atoms with E-state index in [2.05, 4.69) is 4.98 Å². The molecular formula is C21H15N3O5S. The van der Waals surface area contributed by atoms with Crippen LogP contribution in [-0.2, 0) is 16.1 Å². The maximum atomic E-state index is 12.9. The number of nitro benzene ring substituents is 1. The van der Waals surface area contributed by atoms with Gasteiger partial charge >= 0.3 is 0 Å². The van der Waals surface area contributed by atoms with Crippen molar-refractivity contribution in [1.82, 2.24) is 9.88 Å². The largest absolute Gasteiger partial charge is 0.507 e. The summed E-state index contributed by atoms with van der Waals surface area (Å²) < 4.78 is 0. The molecule has 1 unspecified atom stereocenters. The summed E-state index contributed by atoms with van der Waals surface area (Å²) in [6, 6.07) is 13.2. The number of rotatable bonds is 5. The number of aliphatic hydroxyl groups is 1. The average Bonchev–Trinajstić information content (AvgIpc) is 3.36. The van der Waals surface area contributed by atoms with Gasteiger partial charge in [0.25, 0.3) is 17.4 Å². The first-order valence-corrected chi connectivity index (χ1v) is 9.82. The van der Waals surface area contributed by atoms with E-state index in [1.54, 1.807) is 18.2 Å². The number of thiophene rings is 1. The summed E-state index contributed by atoms with van der Waals surface area (Å²) in [4.78, 5) is 42.7. The van der Waals surface area contributed by atoms with Crippen molar-refractivity contribution in [2.75, 3.05) is 0 Å². The number of hydrogen-bond acceptors (Lipinski definition) is 7. The van der Waals surface area contributed by atoms with Crippen LogP contribution < -0.4 is 0 Å². The molecule has 1 amide bonds. The normalized spacial score (nSPS) is 18.0. The van der Waals surface area contributed by atoms with E-state index < -0.39 is 28.4 Å². The van der Waals surface area contributed by atoms with Crippen LogP contribution in [0.4, 0.5) is 5.69 Å². The third kappa shape index (κ3) is 3.46. The molecule has 30 heavy (non-hydrogen) atoms. The first-order valence-electron chi connectivity index (χ1n) is 8.94. The molecule has 0 spiro atoms. The zero-order valence-corrected chi connectivity index (χ0v) is 16.3. The van der Waals surface area contributed by atoms with Crippen molar-refractivity contribution in [3.63, 3.8) is 0 Å². The van der Waals surface area contributed by atoms with Crippen molar-refractivity contribution in [3.05, 3.63) is 98.0 Å². The lowest BCUT2D eigenvalue weighted by Gasteiger charge is -2.23. The number of Topliss-reactive ketones (excluding diaryl/α,β-unsaturated/α-hetero) is 1. The Bertz CT molecular complexity index is 1160. The highest BCUT2D eigenvalue weighted by Gasteiger charge is 2.46. The Balaban J connectivity index is 1.87. The number of aliphatic hydroxyl groups excluding tert-OH is 1. The number of nitro groups is 1. The van der Waals surface area contributed by atoms with E-state index in [1.807, 2.05) is 17.5 Å². The zero-order chi connectivity index (χ0) is 21.3. The Morgan fingerprint density at radius 3 is 2.67 bits per heavy atom. The van der Waals surface area contributed by atoms with E-state index >= 15 is 0 Å². The van der Waals surface area contributed by atoms with Crippen molar-refractivity contribution < 1.29 is 19.6 Å². The predicted octanol–water partition coefficient (Wildman–Crippen LogP) is 3.67. The van der Waals surface area contributed by atoms with E-state index in [0.717, 1.165) is 10.9 Å². The molecule has 1 fully saturated rings. The molecule has 1 saturated heterocycles. The molecule has 8 nitrogen and oxygen atoms in total. The minimum atomic E-state index is -0.910. The summed E-state index contributed by atoms with van der Waals surface area (Å²) in [5, 5.41) is 23.9. The first-order chi connectivity index (χ1) is 14.5. The lowest BCUT2D eigenvalue weighted by Crippen LogP contribution is -2.29. The maximum absolute atomic E-state index is 12.9. The van der Waals surface area contributed by atoms with Crippen LogP contribution in [0.3, 0.4) is 0 Å².